The largest absolute Gasteiger partial charge is 0.361 e. The molecule has 25 heavy (non-hydrogen) atoms. The van der Waals surface area contributed by atoms with Crippen molar-refractivity contribution in [2.45, 2.75) is 13.8 Å². The van der Waals surface area contributed by atoms with Gasteiger partial charge in [-0.05, 0) is 26.0 Å². The van der Waals surface area contributed by atoms with Crippen LogP contribution in [0.4, 0.5) is 11.6 Å². The number of pyridine rings is 1. The lowest BCUT2D eigenvalue weighted by Crippen LogP contribution is -2.32. The second-order valence-electron chi connectivity index (χ2n) is 5.76. The molecule has 3 aromatic rings. The van der Waals surface area contributed by atoms with Gasteiger partial charge in [0.1, 0.15) is 12.0 Å². The van der Waals surface area contributed by atoms with E-state index in [1.54, 1.807) is 6.20 Å². The van der Waals surface area contributed by atoms with Gasteiger partial charge in [0.25, 0.3) is 0 Å². The molecule has 0 atom stereocenters. The Labute approximate surface area is 145 Å². The highest BCUT2D eigenvalue weighted by atomic mass is 15.3. The standard InChI is InChI=1S/C17H18N8/c1-4-25-10(2)7-18-16-17(25)23-14(8-19-16)12-5-6-13(22-11(12)3)15-20-9-21-24-15/h5-6,8-9H,2,4,7H2,1,3H3,(H,18,19)(H,20,21,24). The maximum Gasteiger partial charge on any atom is 0.176 e. The molecule has 0 unspecified atom stereocenters. The second kappa shape index (κ2) is 5.97. The molecule has 3 aromatic heterocycles. The highest BCUT2D eigenvalue weighted by molar-refractivity contribution is 5.73. The predicted octanol–water partition coefficient (Wildman–Crippen LogP) is 2.40. The Bertz CT molecular complexity index is 932. The first kappa shape index (κ1) is 15.3. The van der Waals surface area contributed by atoms with Gasteiger partial charge in [0.05, 0.1) is 18.4 Å². The van der Waals surface area contributed by atoms with Crippen LogP contribution in [0, 0.1) is 6.92 Å². The molecule has 1 aliphatic heterocycles. The van der Waals surface area contributed by atoms with Gasteiger partial charge in [-0.2, -0.15) is 5.10 Å². The van der Waals surface area contributed by atoms with E-state index in [0.29, 0.717) is 12.4 Å². The Morgan fingerprint density at radius 3 is 2.80 bits per heavy atom. The van der Waals surface area contributed by atoms with Crippen molar-refractivity contribution < 1.29 is 0 Å². The number of aromatic nitrogens is 6. The number of nitrogens with one attached hydrogen (secondary N) is 2. The Morgan fingerprint density at radius 2 is 2.08 bits per heavy atom. The third kappa shape index (κ3) is 2.61. The second-order valence-corrected chi connectivity index (χ2v) is 5.76. The maximum atomic E-state index is 4.80. The van der Waals surface area contributed by atoms with Crippen molar-refractivity contribution in [3.63, 3.8) is 0 Å². The Morgan fingerprint density at radius 1 is 1.20 bits per heavy atom. The zero-order valence-electron chi connectivity index (χ0n) is 14.1. The van der Waals surface area contributed by atoms with Crippen molar-refractivity contribution in [1.82, 2.24) is 30.1 Å². The summed E-state index contributed by atoms with van der Waals surface area (Å²) in [5.74, 6) is 2.22. The SMILES string of the molecule is C=C1CNc2ncc(-c3ccc(-c4ncn[nH]4)nc3C)nc2N1CC. The van der Waals surface area contributed by atoms with Gasteiger partial charge >= 0.3 is 0 Å². The van der Waals surface area contributed by atoms with Crippen LogP contribution in [0.1, 0.15) is 12.6 Å². The average Bonchev–Trinajstić information content (AvgIpc) is 3.16. The molecule has 126 valence electrons. The minimum atomic E-state index is 0.642. The number of nitrogens with zero attached hydrogens (tertiary/aromatic N) is 6. The van der Waals surface area contributed by atoms with Crippen LogP contribution in [-0.2, 0) is 0 Å². The van der Waals surface area contributed by atoms with Gasteiger partial charge in [0.2, 0.25) is 0 Å². The van der Waals surface area contributed by atoms with Gasteiger partial charge in [-0.3, -0.25) is 5.10 Å². The summed E-state index contributed by atoms with van der Waals surface area (Å²) in [5.41, 5.74) is 4.30. The first-order valence-electron chi connectivity index (χ1n) is 8.07. The monoisotopic (exact) mass is 334 g/mol. The van der Waals surface area contributed by atoms with Gasteiger partial charge in [-0.1, -0.05) is 6.58 Å². The van der Waals surface area contributed by atoms with E-state index in [2.05, 4.69) is 48.9 Å². The summed E-state index contributed by atoms with van der Waals surface area (Å²) < 4.78 is 0. The van der Waals surface area contributed by atoms with Gasteiger partial charge < -0.3 is 10.2 Å². The summed E-state index contributed by atoms with van der Waals surface area (Å²) in [6.45, 7) is 9.60. The van der Waals surface area contributed by atoms with Crippen molar-refractivity contribution in [2.24, 2.45) is 0 Å². The lowest BCUT2D eigenvalue weighted by molar-refractivity contribution is 0.875. The predicted molar refractivity (Wildman–Crippen MR) is 96.0 cm³/mol. The third-order valence-electron chi connectivity index (χ3n) is 4.19. The van der Waals surface area contributed by atoms with E-state index >= 15 is 0 Å². The van der Waals surface area contributed by atoms with E-state index in [1.807, 2.05) is 19.1 Å². The fraction of sp³-hybridized carbons (Fsp3) is 0.235. The lowest BCUT2D eigenvalue weighted by atomic mass is 10.1. The quantitative estimate of drug-likeness (QED) is 0.759. The molecule has 0 amide bonds. The summed E-state index contributed by atoms with van der Waals surface area (Å²) in [6.07, 6.45) is 3.24. The van der Waals surface area contributed by atoms with Crippen molar-refractivity contribution in [2.75, 3.05) is 23.3 Å². The van der Waals surface area contributed by atoms with Crippen LogP contribution < -0.4 is 10.2 Å². The Balaban J connectivity index is 1.76. The van der Waals surface area contributed by atoms with E-state index in [4.69, 9.17) is 4.98 Å². The number of fused-ring (bicyclic) bond motifs is 1. The van der Waals surface area contributed by atoms with E-state index < -0.39 is 0 Å². The molecule has 0 bridgehead atoms. The molecular weight excluding hydrogens is 316 g/mol. The van der Waals surface area contributed by atoms with Gasteiger partial charge in [0, 0.05) is 23.5 Å². The van der Waals surface area contributed by atoms with Crippen molar-refractivity contribution in [3.05, 3.63) is 42.6 Å². The first-order chi connectivity index (χ1) is 12.2. The van der Waals surface area contributed by atoms with Crippen LogP contribution in [-0.4, -0.2) is 43.2 Å². The van der Waals surface area contributed by atoms with Crippen LogP contribution in [0.15, 0.2) is 36.9 Å². The number of aromatic amines is 1. The van der Waals surface area contributed by atoms with E-state index in [0.717, 1.165) is 46.5 Å². The van der Waals surface area contributed by atoms with E-state index in [9.17, 15) is 0 Å². The van der Waals surface area contributed by atoms with Crippen LogP contribution >= 0.6 is 0 Å². The van der Waals surface area contributed by atoms with Gasteiger partial charge in [0.15, 0.2) is 17.5 Å². The van der Waals surface area contributed by atoms with E-state index in [1.165, 1.54) is 6.33 Å². The fourth-order valence-electron chi connectivity index (χ4n) is 2.92. The molecule has 0 aromatic carbocycles. The zero-order valence-corrected chi connectivity index (χ0v) is 14.1. The number of aryl methyl sites for hydroxylation is 1. The van der Waals surface area contributed by atoms with Crippen LogP contribution in [0.5, 0.6) is 0 Å². The molecule has 1 aliphatic rings. The number of rotatable bonds is 3. The number of hydrogen-bond donors (Lipinski definition) is 2. The molecule has 2 N–H and O–H groups in total. The highest BCUT2D eigenvalue weighted by Gasteiger charge is 2.22. The lowest BCUT2D eigenvalue weighted by Gasteiger charge is -2.31. The van der Waals surface area contributed by atoms with Crippen LogP contribution in [0.2, 0.25) is 0 Å². The molecule has 0 radical (unpaired) electrons. The Hall–Kier alpha value is -3.29. The number of likely N-dealkylation sites (N-methyl/N-ethyl adjacent to an activating group) is 1. The minimum Gasteiger partial charge on any atom is -0.361 e. The molecule has 8 nitrogen and oxygen atoms in total. The molecule has 0 saturated heterocycles. The van der Waals surface area contributed by atoms with Gasteiger partial charge in [-0.25, -0.2) is 19.9 Å². The molecule has 4 rings (SSSR count). The molecule has 0 saturated carbocycles. The summed E-state index contributed by atoms with van der Waals surface area (Å²) in [7, 11) is 0. The smallest absolute Gasteiger partial charge is 0.176 e. The molecule has 0 fully saturated rings. The van der Waals surface area contributed by atoms with Crippen molar-refractivity contribution in [1.29, 1.82) is 0 Å². The fourth-order valence-corrected chi connectivity index (χ4v) is 2.92. The van der Waals surface area contributed by atoms with Crippen LogP contribution in [0.3, 0.4) is 0 Å². The summed E-state index contributed by atoms with van der Waals surface area (Å²) in [4.78, 5) is 20.2. The van der Waals surface area contributed by atoms with E-state index in [-0.39, 0.29) is 0 Å². The molecular formula is C17H18N8. The zero-order chi connectivity index (χ0) is 17.4. The average molecular weight is 334 g/mol. The topological polar surface area (TPSA) is 95.5 Å². The normalized spacial score (nSPS) is 13.5. The molecule has 0 aliphatic carbocycles. The molecule has 8 heteroatoms. The third-order valence-corrected chi connectivity index (χ3v) is 4.19. The van der Waals surface area contributed by atoms with Crippen molar-refractivity contribution >= 4 is 11.6 Å². The summed E-state index contributed by atoms with van der Waals surface area (Å²) >= 11 is 0. The Kier molecular flexibility index (Phi) is 3.64. The summed E-state index contributed by atoms with van der Waals surface area (Å²) in [5, 5.41) is 9.93. The molecule has 4 heterocycles. The summed E-state index contributed by atoms with van der Waals surface area (Å²) in [6, 6.07) is 3.89. The maximum absolute atomic E-state index is 4.80. The number of hydrogen-bond acceptors (Lipinski definition) is 7. The first-order valence-corrected chi connectivity index (χ1v) is 8.07. The van der Waals surface area contributed by atoms with Crippen LogP contribution in [0.25, 0.3) is 22.8 Å². The van der Waals surface area contributed by atoms with Gasteiger partial charge in [-0.15, -0.1) is 0 Å². The number of anilines is 2. The molecule has 0 spiro atoms. The number of H-pyrrole nitrogens is 1. The minimum absolute atomic E-state index is 0.642. The van der Waals surface area contributed by atoms with Crippen molar-refractivity contribution in [3.8, 4) is 22.8 Å². The highest BCUT2D eigenvalue weighted by Crippen LogP contribution is 2.32.